The number of hydrogen-bond donors (Lipinski definition) is 1. The van der Waals surface area contributed by atoms with E-state index in [0.29, 0.717) is 13.1 Å². The first-order valence-corrected chi connectivity index (χ1v) is 6.11. The van der Waals surface area contributed by atoms with E-state index < -0.39 is 0 Å². The van der Waals surface area contributed by atoms with Crippen LogP contribution in [0.5, 0.6) is 0 Å². The third-order valence-electron chi connectivity index (χ3n) is 2.77. The molecule has 5 heteroatoms. The van der Waals surface area contributed by atoms with Gasteiger partial charge in [-0.05, 0) is 34.6 Å². The van der Waals surface area contributed by atoms with Crippen LogP contribution < -0.4 is 5.32 Å². The maximum absolute atomic E-state index is 12.0. The van der Waals surface area contributed by atoms with E-state index in [1.807, 2.05) is 34.6 Å². The minimum atomic E-state index is -0.0560. The zero-order valence-corrected chi connectivity index (χ0v) is 12.1. The van der Waals surface area contributed by atoms with Crippen molar-refractivity contribution in [3.8, 4) is 0 Å². The molecule has 0 aliphatic heterocycles. The molecule has 0 atom stereocenters. The molecule has 0 bridgehead atoms. The van der Waals surface area contributed by atoms with E-state index >= 15 is 0 Å². The Hall–Kier alpha value is -1.36. The van der Waals surface area contributed by atoms with Crippen LogP contribution >= 0.6 is 0 Å². The van der Waals surface area contributed by atoms with Gasteiger partial charge >= 0.3 is 0 Å². The molecule has 1 aromatic heterocycles. The van der Waals surface area contributed by atoms with E-state index in [1.165, 1.54) is 0 Å². The van der Waals surface area contributed by atoms with E-state index in [0.717, 1.165) is 17.0 Å². The molecule has 0 aromatic carbocycles. The van der Waals surface area contributed by atoms with Crippen molar-refractivity contribution >= 4 is 5.91 Å². The number of aryl methyl sites for hydroxylation is 2. The molecular formula is C13H23N3O2. The van der Waals surface area contributed by atoms with Crippen LogP contribution in [0, 0.1) is 13.8 Å². The topological polar surface area (TPSA) is 58.4 Å². The number of nitrogens with one attached hydrogen (secondary N) is 1. The van der Waals surface area contributed by atoms with Crippen LogP contribution in [0.25, 0.3) is 0 Å². The van der Waals surface area contributed by atoms with Crippen LogP contribution in [-0.2, 0) is 11.3 Å². The first-order valence-electron chi connectivity index (χ1n) is 6.11. The lowest BCUT2D eigenvalue weighted by Gasteiger charge is -2.23. The Morgan fingerprint density at radius 1 is 1.39 bits per heavy atom. The lowest BCUT2D eigenvalue weighted by atomic mass is 10.1. The van der Waals surface area contributed by atoms with Crippen molar-refractivity contribution in [2.45, 2.75) is 46.7 Å². The van der Waals surface area contributed by atoms with Gasteiger partial charge in [-0.25, -0.2) is 0 Å². The fourth-order valence-electron chi connectivity index (χ4n) is 1.53. The summed E-state index contributed by atoms with van der Waals surface area (Å²) in [6.45, 7) is 10.7. The SMILES string of the molecule is Cc1noc(C)c1CN(C)C(=O)CNC(C)(C)C. The van der Waals surface area contributed by atoms with Gasteiger partial charge in [0, 0.05) is 18.2 Å². The van der Waals surface area contributed by atoms with Crippen molar-refractivity contribution in [2.75, 3.05) is 13.6 Å². The van der Waals surface area contributed by atoms with Gasteiger partial charge in [0.25, 0.3) is 0 Å². The van der Waals surface area contributed by atoms with Gasteiger partial charge in [0.2, 0.25) is 5.91 Å². The van der Waals surface area contributed by atoms with Crippen LogP contribution in [0.2, 0.25) is 0 Å². The molecule has 0 aliphatic carbocycles. The molecule has 0 saturated heterocycles. The van der Waals surface area contributed by atoms with E-state index in [-0.39, 0.29) is 11.4 Å². The van der Waals surface area contributed by atoms with Crippen molar-refractivity contribution in [1.29, 1.82) is 0 Å². The second kappa shape index (κ2) is 5.52. The van der Waals surface area contributed by atoms with Crippen LogP contribution in [0.15, 0.2) is 4.52 Å². The van der Waals surface area contributed by atoms with Crippen molar-refractivity contribution in [3.05, 3.63) is 17.0 Å². The predicted octanol–water partition coefficient (Wildman–Crippen LogP) is 1.64. The molecule has 0 saturated carbocycles. The first kappa shape index (κ1) is 14.7. The van der Waals surface area contributed by atoms with Crippen LogP contribution in [0.1, 0.15) is 37.8 Å². The van der Waals surface area contributed by atoms with Crippen LogP contribution in [-0.4, -0.2) is 35.1 Å². The van der Waals surface area contributed by atoms with E-state index in [9.17, 15) is 4.79 Å². The summed E-state index contributed by atoms with van der Waals surface area (Å²) >= 11 is 0. The van der Waals surface area contributed by atoms with Gasteiger partial charge in [-0.2, -0.15) is 0 Å². The molecule has 1 N–H and O–H groups in total. The lowest BCUT2D eigenvalue weighted by molar-refractivity contribution is -0.129. The summed E-state index contributed by atoms with van der Waals surface area (Å²) in [4.78, 5) is 13.6. The summed E-state index contributed by atoms with van der Waals surface area (Å²) in [6, 6.07) is 0. The third-order valence-corrected chi connectivity index (χ3v) is 2.77. The fraction of sp³-hybridized carbons (Fsp3) is 0.692. The Bertz CT molecular complexity index is 399. The van der Waals surface area contributed by atoms with Crippen LogP contribution in [0.4, 0.5) is 0 Å². The summed E-state index contributed by atoms with van der Waals surface area (Å²) in [5, 5.41) is 7.07. The second-order valence-corrected chi connectivity index (χ2v) is 5.66. The predicted molar refractivity (Wildman–Crippen MR) is 70.2 cm³/mol. The molecule has 18 heavy (non-hydrogen) atoms. The van der Waals surface area contributed by atoms with E-state index in [4.69, 9.17) is 4.52 Å². The van der Waals surface area contributed by atoms with Gasteiger partial charge in [-0.1, -0.05) is 5.16 Å². The summed E-state index contributed by atoms with van der Waals surface area (Å²) in [7, 11) is 1.79. The molecule has 0 spiro atoms. The molecule has 0 radical (unpaired) electrons. The molecule has 0 fully saturated rings. The number of likely N-dealkylation sites (N-methyl/N-ethyl adjacent to an activating group) is 1. The average Bonchev–Trinajstić information content (AvgIpc) is 2.56. The Morgan fingerprint density at radius 3 is 2.44 bits per heavy atom. The molecule has 1 heterocycles. The average molecular weight is 253 g/mol. The number of nitrogens with zero attached hydrogens (tertiary/aromatic N) is 2. The van der Waals surface area contributed by atoms with Crippen molar-refractivity contribution < 1.29 is 9.32 Å². The van der Waals surface area contributed by atoms with Crippen molar-refractivity contribution in [2.24, 2.45) is 0 Å². The van der Waals surface area contributed by atoms with E-state index in [2.05, 4.69) is 10.5 Å². The summed E-state index contributed by atoms with van der Waals surface area (Å²) in [5.41, 5.74) is 1.78. The number of amides is 1. The molecule has 0 unspecified atom stereocenters. The zero-order chi connectivity index (χ0) is 13.9. The Labute approximate surface area is 109 Å². The van der Waals surface area contributed by atoms with Crippen LogP contribution in [0.3, 0.4) is 0 Å². The Balaban J connectivity index is 2.55. The summed E-state index contributed by atoms with van der Waals surface area (Å²) in [6.07, 6.45) is 0. The van der Waals surface area contributed by atoms with Gasteiger partial charge in [0.1, 0.15) is 5.76 Å². The highest BCUT2D eigenvalue weighted by atomic mass is 16.5. The van der Waals surface area contributed by atoms with Gasteiger partial charge in [-0.3, -0.25) is 4.79 Å². The lowest BCUT2D eigenvalue weighted by Crippen LogP contribution is -2.43. The fourth-order valence-corrected chi connectivity index (χ4v) is 1.53. The van der Waals surface area contributed by atoms with Crippen molar-refractivity contribution in [3.63, 3.8) is 0 Å². The van der Waals surface area contributed by atoms with E-state index in [1.54, 1.807) is 11.9 Å². The maximum atomic E-state index is 12.0. The van der Waals surface area contributed by atoms with Gasteiger partial charge in [-0.15, -0.1) is 0 Å². The zero-order valence-electron chi connectivity index (χ0n) is 12.1. The monoisotopic (exact) mass is 253 g/mol. The quantitative estimate of drug-likeness (QED) is 0.886. The largest absolute Gasteiger partial charge is 0.361 e. The Kier molecular flexibility index (Phi) is 4.51. The highest BCUT2D eigenvalue weighted by Crippen LogP contribution is 2.14. The first-order chi connectivity index (χ1) is 8.20. The molecule has 102 valence electrons. The summed E-state index contributed by atoms with van der Waals surface area (Å²) < 4.78 is 5.09. The molecule has 5 nitrogen and oxygen atoms in total. The number of rotatable bonds is 4. The van der Waals surface area contributed by atoms with Gasteiger partial charge in [0.15, 0.2) is 0 Å². The number of aromatic nitrogens is 1. The molecule has 1 rings (SSSR count). The van der Waals surface area contributed by atoms with Crippen molar-refractivity contribution in [1.82, 2.24) is 15.4 Å². The standard InChI is InChI=1S/C13H23N3O2/c1-9-11(10(2)18-15-9)8-16(6)12(17)7-14-13(3,4)5/h14H,7-8H2,1-6H3. The smallest absolute Gasteiger partial charge is 0.236 e. The van der Waals surface area contributed by atoms with Gasteiger partial charge in [0.05, 0.1) is 18.8 Å². The maximum Gasteiger partial charge on any atom is 0.236 e. The third kappa shape index (κ3) is 4.14. The number of hydrogen-bond acceptors (Lipinski definition) is 4. The molecular weight excluding hydrogens is 230 g/mol. The highest BCUT2D eigenvalue weighted by molar-refractivity contribution is 5.78. The molecule has 1 aromatic rings. The molecule has 0 aliphatic rings. The minimum absolute atomic E-state index is 0.0560. The Morgan fingerprint density at radius 2 is 2.00 bits per heavy atom. The number of carbonyl (C=O) groups is 1. The molecule has 1 amide bonds. The van der Waals surface area contributed by atoms with Gasteiger partial charge < -0.3 is 14.7 Å². The normalized spacial score (nSPS) is 11.7. The second-order valence-electron chi connectivity index (χ2n) is 5.66. The highest BCUT2D eigenvalue weighted by Gasteiger charge is 2.17. The summed E-state index contributed by atoms with van der Waals surface area (Å²) in [5.74, 6) is 0.834. The minimum Gasteiger partial charge on any atom is -0.361 e. The number of carbonyl (C=O) groups excluding carboxylic acids is 1.